The van der Waals surface area contributed by atoms with Crippen LogP contribution in [0, 0.1) is 0 Å². The van der Waals surface area contributed by atoms with Crippen LogP contribution in [-0.4, -0.2) is 28.5 Å². The maximum absolute atomic E-state index is 12.5. The Balaban J connectivity index is 1.59. The lowest BCUT2D eigenvalue weighted by Crippen LogP contribution is -2.18. The zero-order valence-electron chi connectivity index (χ0n) is 16.1. The van der Waals surface area contributed by atoms with E-state index in [1.165, 1.54) is 24.5 Å². The molecule has 1 aromatic heterocycles. The number of hydrogen-bond donors (Lipinski definition) is 1. The highest BCUT2D eigenvalue weighted by molar-refractivity contribution is 6.40. The average Bonchev–Trinajstić information content (AvgIpc) is 3.13. The summed E-state index contributed by atoms with van der Waals surface area (Å²) in [6.07, 6.45) is -1.78. The Labute approximate surface area is 195 Å². The molecule has 12 heteroatoms. The summed E-state index contributed by atoms with van der Waals surface area (Å²) in [5, 5.41) is 7.34. The molecule has 0 radical (unpaired) electrons. The highest BCUT2D eigenvalue weighted by Gasteiger charge is 2.27. The lowest BCUT2D eigenvalue weighted by molar-refractivity contribution is -0.182. The summed E-state index contributed by atoms with van der Waals surface area (Å²) in [5.74, 6) is -0.169. The molecule has 6 nitrogen and oxygen atoms in total. The van der Waals surface area contributed by atoms with Gasteiger partial charge in [0.05, 0.1) is 28.1 Å². The summed E-state index contributed by atoms with van der Waals surface area (Å²) in [6.45, 7) is -1.70. The molecule has 0 bridgehead atoms. The van der Waals surface area contributed by atoms with E-state index >= 15 is 0 Å². The fourth-order valence-corrected chi connectivity index (χ4v) is 3.51. The van der Waals surface area contributed by atoms with Crippen LogP contribution < -0.4 is 10.1 Å². The van der Waals surface area contributed by atoms with Gasteiger partial charge in [-0.05, 0) is 29.8 Å². The first-order valence-corrected chi connectivity index (χ1v) is 10.1. The molecule has 1 N–H and O–H groups in total. The van der Waals surface area contributed by atoms with Crippen molar-refractivity contribution in [3.63, 3.8) is 0 Å². The normalized spacial score (nSPS) is 11.4. The van der Waals surface area contributed by atoms with Gasteiger partial charge >= 0.3 is 6.18 Å². The number of rotatable bonds is 8. The first-order valence-electron chi connectivity index (χ1n) is 8.95. The molecule has 2 aromatic carbocycles. The average molecular weight is 509 g/mol. The highest BCUT2D eigenvalue weighted by atomic mass is 35.5. The third-order valence-electron chi connectivity index (χ3n) is 3.92. The molecule has 0 spiro atoms. The Hall–Kier alpha value is -2.46. The van der Waals surface area contributed by atoms with Crippen LogP contribution in [0.3, 0.4) is 0 Å². The maximum atomic E-state index is 12.5. The van der Waals surface area contributed by atoms with Gasteiger partial charge in [-0.1, -0.05) is 46.9 Å². The summed E-state index contributed by atoms with van der Waals surface area (Å²) in [4.78, 5) is 12.5. The van der Waals surface area contributed by atoms with Crippen molar-refractivity contribution in [1.29, 1.82) is 0 Å². The summed E-state index contributed by atoms with van der Waals surface area (Å²) in [5.41, 5.74) is 1.31. The number of anilines is 1. The van der Waals surface area contributed by atoms with Gasteiger partial charge in [0.25, 0.3) is 5.91 Å². The topological polar surface area (TPSA) is 65.4 Å². The monoisotopic (exact) mass is 507 g/mol. The summed E-state index contributed by atoms with van der Waals surface area (Å²) < 4.78 is 47.7. The largest absolute Gasteiger partial charge is 0.486 e. The molecular weight excluding hydrogens is 494 g/mol. The summed E-state index contributed by atoms with van der Waals surface area (Å²) in [6, 6.07) is 9.64. The molecule has 0 unspecified atom stereocenters. The maximum Gasteiger partial charge on any atom is 0.411 e. The van der Waals surface area contributed by atoms with Crippen LogP contribution in [0.4, 0.5) is 18.9 Å². The second-order valence-electron chi connectivity index (χ2n) is 6.50. The van der Waals surface area contributed by atoms with E-state index in [2.05, 4.69) is 15.2 Å². The minimum atomic E-state index is -4.43. The predicted octanol–water partition coefficient (Wildman–Crippen LogP) is 6.21. The molecule has 1 heterocycles. The van der Waals surface area contributed by atoms with Crippen molar-refractivity contribution in [2.24, 2.45) is 0 Å². The molecule has 1 amide bonds. The molecule has 0 aliphatic heterocycles. The van der Waals surface area contributed by atoms with Gasteiger partial charge < -0.3 is 14.8 Å². The Bertz CT molecular complexity index is 1080. The van der Waals surface area contributed by atoms with Gasteiger partial charge in [-0.15, -0.1) is 0 Å². The van der Waals surface area contributed by atoms with E-state index in [9.17, 15) is 18.0 Å². The standard InChI is InChI=1S/C20H15Cl3F3N3O3/c21-14-5-16(22)18(17(23)6-14)32-9-12-2-1-3-13(4-12)19(30)28-15-7-27-29(8-15)11-31-10-20(24,25)26/h1-8H,9-11H2,(H,28,30). The zero-order valence-corrected chi connectivity index (χ0v) is 18.4. The molecular formula is C20H15Cl3F3N3O3. The fraction of sp³-hybridized carbons (Fsp3) is 0.200. The number of carbonyl (C=O) groups excluding carboxylic acids is 1. The Morgan fingerprint density at radius 3 is 2.53 bits per heavy atom. The second-order valence-corrected chi connectivity index (χ2v) is 7.75. The molecule has 3 rings (SSSR count). The van der Waals surface area contributed by atoms with Crippen molar-refractivity contribution in [3.8, 4) is 5.75 Å². The molecule has 0 aliphatic carbocycles. The van der Waals surface area contributed by atoms with E-state index < -0.39 is 25.4 Å². The van der Waals surface area contributed by atoms with Crippen molar-refractivity contribution in [3.05, 3.63) is 75.0 Å². The molecule has 0 atom stereocenters. The van der Waals surface area contributed by atoms with E-state index in [-0.39, 0.29) is 22.4 Å². The van der Waals surface area contributed by atoms with E-state index in [1.54, 1.807) is 24.3 Å². The van der Waals surface area contributed by atoms with Crippen molar-refractivity contribution in [2.75, 3.05) is 11.9 Å². The van der Waals surface area contributed by atoms with Gasteiger partial charge in [-0.25, -0.2) is 4.68 Å². The van der Waals surface area contributed by atoms with Gasteiger partial charge in [0, 0.05) is 10.6 Å². The number of nitrogens with zero attached hydrogens (tertiary/aromatic N) is 2. The first-order chi connectivity index (χ1) is 15.1. The molecule has 0 aliphatic rings. The second kappa shape index (κ2) is 10.4. The lowest BCUT2D eigenvalue weighted by atomic mass is 10.1. The van der Waals surface area contributed by atoms with Gasteiger partial charge in [-0.3, -0.25) is 4.79 Å². The number of amides is 1. The number of benzene rings is 2. The number of hydrogen-bond acceptors (Lipinski definition) is 4. The Kier molecular flexibility index (Phi) is 7.89. The molecule has 170 valence electrons. The number of aromatic nitrogens is 2. The van der Waals surface area contributed by atoms with E-state index in [4.69, 9.17) is 39.5 Å². The van der Waals surface area contributed by atoms with Gasteiger partial charge in [0.15, 0.2) is 5.75 Å². The molecule has 0 saturated heterocycles. The van der Waals surface area contributed by atoms with Crippen LogP contribution in [0.15, 0.2) is 48.8 Å². The first kappa shape index (κ1) is 24.2. The quantitative estimate of drug-likeness (QED) is 0.393. The van der Waals surface area contributed by atoms with Crippen molar-refractivity contribution in [2.45, 2.75) is 19.5 Å². The molecule has 0 saturated carbocycles. The Morgan fingerprint density at radius 2 is 1.84 bits per heavy atom. The van der Waals surface area contributed by atoms with Crippen LogP contribution in [0.2, 0.25) is 15.1 Å². The van der Waals surface area contributed by atoms with Gasteiger partial charge in [0.1, 0.15) is 19.9 Å². The fourth-order valence-electron chi connectivity index (χ4n) is 2.58. The van der Waals surface area contributed by atoms with Crippen LogP contribution in [-0.2, 0) is 18.1 Å². The number of carbonyl (C=O) groups is 1. The number of halogens is 6. The molecule has 3 aromatic rings. The smallest absolute Gasteiger partial charge is 0.411 e. The van der Waals surface area contributed by atoms with Crippen LogP contribution in [0.1, 0.15) is 15.9 Å². The number of alkyl halides is 3. The van der Waals surface area contributed by atoms with Crippen molar-refractivity contribution >= 4 is 46.4 Å². The predicted molar refractivity (Wildman–Crippen MR) is 114 cm³/mol. The van der Waals surface area contributed by atoms with Crippen LogP contribution in [0.25, 0.3) is 0 Å². The van der Waals surface area contributed by atoms with E-state index in [1.807, 2.05) is 0 Å². The van der Waals surface area contributed by atoms with Crippen molar-refractivity contribution < 1.29 is 27.4 Å². The van der Waals surface area contributed by atoms with E-state index in [0.29, 0.717) is 21.8 Å². The van der Waals surface area contributed by atoms with E-state index in [0.717, 1.165) is 4.68 Å². The van der Waals surface area contributed by atoms with Crippen LogP contribution >= 0.6 is 34.8 Å². The van der Waals surface area contributed by atoms with Crippen LogP contribution in [0.5, 0.6) is 5.75 Å². The van der Waals surface area contributed by atoms with Gasteiger partial charge in [0.2, 0.25) is 0 Å². The third-order valence-corrected chi connectivity index (χ3v) is 4.70. The number of ether oxygens (including phenoxy) is 2. The molecule has 32 heavy (non-hydrogen) atoms. The Morgan fingerprint density at radius 1 is 1.12 bits per heavy atom. The summed E-state index contributed by atoms with van der Waals surface area (Å²) >= 11 is 18.1. The molecule has 0 fully saturated rings. The minimum absolute atomic E-state index is 0.0939. The lowest BCUT2D eigenvalue weighted by Gasteiger charge is -2.11. The third kappa shape index (κ3) is 7.03. The highest BCUT2D eigenvalue weighted by Crippen LogP contribution is 2.36. The van der Waals surface area contributed by atoms with Crippen molar-refractivity contribution in [1.82, 2.24) is 9.78 Å². The van der Waals surface area contributed by atoms with Gasteiger partial charge in [-0.2, -0.15) is 18.3 Å². The summed E-state index contributed by atoms with van der Waals surface area (Å²) in [7, 11) is 0. The zero-order chi connectivity index (χ0) is 23.3. The number of nitrogens with one attached hydrogen (secondary N) is 1. The minimum Gasteiger partial charge on any atom is -0.486 e. The SMILES string of the molecule is O=C(Nc1cnn(COCC(F)(F)F)c1)c1cccc(COc2c(Cl)cc(Cl)cc2Cl)c1.